The average molecular weight is 329 g/mol. The molecule has 2 N–H and O–H groups in total. The molecule has 1 aromatic rings. The molecule has 0 saturated carbocycles. The summed E-state index contributed by atoms with van der Waals surface area (Å²) >= 11 is 0. The highest BCUT2D eigenvalue weighted by molar-refractivity contribution is 6.09. The van der Waals surface area contributed by atoms with Crippen LogP contribution in [0.2, 0.25) is 0 Å². The van der Waals surface area contributed by atoms with Gasteiger partial charge in [-0.2, -0.15) is 0 Å². The molecule has 1 aliphatic carbocycles. The van der Waals surface area contributed by atoms with Crippen LogP contribution < -0.4 is 10.6 Å². The van der Waals surface area contributed by atoms with E-state index in [4.69, 9.17) is 0 Å². The zero-order chi connectivity index (χ0) is 17.3. The topological polar surface area (TPSA) is 78.5 Å². The molecule has 4 amide bonds. The number of benzene rings is 1. The molecule has 3 rings (SSSR count). The molecule has 6 heteroatoms. The number of hydrogen-bond donors (Lipinski definition) is 2. The average Bonchev–Trinajstić information content (AvgIpc) is 3.02. The van der Waals surface area contributed by atoms with E-state index in [0.29, 0.717) is 18.9 Å². The van der Waals surface area contributed by atoms with Crippen molar-refractivity contribution in [3.63, 3.8) is 0 Å². The third kappa shape index (κ3) is 2.77. The number of aryl methyl sites for hydroxylation is 1. The Morgan fingerprint density at radius 3 is 2.83 bits per heavy atom. The van der Waals surface area contributed by atoms with Gasteiger partial charge in [-0.05, 0) is 36.3 Å². The third-order valence-electron chi connectivity index (χ3n) is 4.77. The van der Waals surface area contributed by atoms with Crippen molar-refractivity contribution in [1.29, 1.82) is 0 Å². The fourth-order valence-electron chi connectivity index (χ4n) is 3.43. The lowest BCUT2D eigenvalue weighted by Gasteiger charge is -2.22. The van der Waals surface area contributed by atoms with E-state index >= 15 is 0 Å². The van der Waals surface area contributed by atoms with E-state index < -0.39 is 11.6 Å². The Balaban J connectivity index is 1.71. The molecule has 1 atom stereocenters. The van der Waals surface area contributed by atoms with Gasteiger partial charge in [0.1, 0.15) is 12.1 Å². The van der Waals surface area contributed by atoms with Crippen LogP contribution in [-0.4, -0.2) is 35.8 Å². The van der Waals surface area contributed by atoms with E-state index in [9.17, 15) is 14.4 Å². The standard InChI is InChI=1S/C18H23N3O3/c1-12(2)8-10-19-15(22)11-21-16(23)18(20-17(21)24)9-7-13-5-3-4-6-14(13)18/h3-6,12H,7-11H2,1-2H3,(H,19,22)(H,20,24)/t18-/m1/s1. The molecule has 0 radical (unpaired) electrons. The Kier molecular flexibility index (Phi) is 4.30. The van der Waals surface area contributed by atoms with Gasteiger partial charge in [0.15, 0.2) is 0 Å². The van der Waals surface area contributed by atoms with Crippen LogP contribution in [0.15, 0.2) is 24.3 Å². The van der Waals surface area contributed by atoms with Gasteiger partial charge in [-0.3, -0.25) is 14.5 Å². The first-order chi connectivity index (χ1) is 11.4. The second-order valence-electron chi connectivity index (χ2n) is 6.92. The number of urea groups is 1. The van der Waals surface area contributed by atoms with Crippen molar-refractivity contribution < 1.29 is 14.4 Å². The molecule has 6 nitrogen and oxygen atoms in total. The minimum absolute atomic E-state index is 0.229. The largest absolute Gasteiger partial charge is 0.355 e. The van der Waals surface area contributed by atoms with E-state index in [2.05, 4.69) is 24.5 Å². The van der Waals surface area contributed by atoms with Gasteiger partial charge in [0, 0.05) is 6.54 Å². The van der Waals surface area contributed by atoms with Gasteiger partial charge < -0.3 is 10.6 Å². The predicted octanol–water partition coefficient (Wildman–Crippen LogP) is 1.54. The Morgan fingerprint density at radius 2 is 2.08 bits per heavy atom. The third-order valence-corrected chi connectivity index (χ3v) is 4.77. The highest BCUT2D eigenvalue weighted by Crippen LogP contribution is 2.41. The summed E-state index contributed by atoms with van der Waals surface area (Å²) in [6.07, 6.45) is 2.15. The van der Waals surface area contributed by atoms with Crippen LogP contribution in [-0.2, 0) is 21.5 Å². The van der Waals surface area contributed by atoms with Crippen molar-refractivity contribution in [2.45, 2.75) is 38.6 Å². The number of hydrogen-bond acceptors (Lipinski definition) is 3. The lowest BCUT2D eigenvalue weighted by molar-refractivity contribution is -0.135. The Hall–Kier alpha value is -2.37. The molecule has 1 spiro atoms. The van der Waals surface area contributed by atoms with Crippen LogP contribution in [0.4, 0.5) is 4.79 Å². The lowest BCUT2D eigenvalue weighted by atomic mass is 9.92. The van der Waals surface area contributed by atoms with Crippen molar-refractivity contribution >= 4 is 17.8 Å². The molecule has 1 aliphatic heterocycles. The van der Waals surface area contributed by atoms with Crippen LogP contribution in [0.25, 0.3) is 0 Å². The fourth-order valence-corrected chi connectivity index (χ4v) is 3.43. The van der Waals surface area contributed by atoms with Crippen LogP contribution >= 0.6 is 0 Å². The maximum absolute atomic E-state index is 12.9. The highest BCUT2D eigenvalue weighted by Gasteiger charge is 2.55. The quantitative estimate of drug-likeness (QED) is 0.804. The summed E-state index contributed by atoms with van der Waals surface area (Å²) in [4.78, 5) is 38.2. The zero-order valence-corrected chi connectivity index (χ0v) is 14.1. The normalized spacial score (nSPS) is 22.2. The fraction of sp³-hybridized carbons (Fsp3) is 0.500. The summed E-state index contributed by atoms with van der Waals surface area (Å²) in [5, 5.41) is 5.59. The van der Waals surface area contributed by atoms with Gasteiger partial charge in [0.05, 0.1) is 0 Å². The first-order valence-corrected chi connectivity index (χ1v) is 8.43. The number of fused-ring (bicyclic) bond motifs is 2. The minimum Gasteiger partial charge on any atom is -0.355 e. The molecule has 0 unspecified atom stereocenters. The molecule has 1 aromatic carbocycles. The van der Waals surface area contributed by atoms with Crippen LogP contribution in [0, 0.1) is 5.92 Å². The lowest BCUT2D eigenvalue weighted by Crippen LogP contribution is -2.44. The van der Waals surface area contributed by atoms with E-state index in [1.54, 1.807) is 0 Å². The van der Waals surface area contributed by atoms with Crippen molar-refractivity contribution in [2.24, 2.45) is 5.92 Å². The second kappa shape index (κ2) is 6.26. The summed E-state index contributed by atoms with van der Waals surface area (Å²) in [5.41, 5.74) is 0.937. The molecule has 2 aliphatic rings. The number of carbonyl (C=O) groups is 3. The van der Waals surface area contributed by atoms with Crippen molar-refractivity contribution in [2.75, 3.05) is 13.1 Å². The molecule has 0 aromatic heterocycles. The monoisotopic (exact) mass is 329 g/mol. The Labute approximate surface area is 141 Å². The number of rotatable bonds is 5. The number of carbonyl (C=O) groups excluding carboxylic acids is 3. The first kappa shape index (κ1) is 16.5. The minimum atomic E-state index is -0.994. The summed E-state index contributed by atoms with van der Waals surface area (Å²) in [7, 11) is 0. The van der Waals surface area contributed by atoms with E-state index in [-0.39, 0.29) is 18.4 Å². The van der Waals surface area contributed by atoms with Crippen molar-refractivity contribution in [3.05, 3.63) is 35.4 Å². The van der Waals surface area contributed by atoms with Crippen molar-refractivity contribution in [3.8, 4) is 0 Å². The van der Waals surface area contributed by atoms with Gasteiger partial charge in [-0.15, -0.1) is 0 Å². The number of nitrogens with one attached hydrogen (secondary N) is 2. The van der Waals surface area contributed by atoms with E-state index in [1.165, 1.54) is 0 Å². The molecule has 1 saturated heterocycles. The van der Waals surface area contributed by atoms with Gasteiger partial charge >= 0.3 is 6.03 Å². The van der Waals surface area contributed by atoms with Gasteiger partial charge in [0.25, 0.3) is 5.91 Å². The first-order valence-electron chi connectivity index (χ1n) is 8.43. The summed E-state index contributed by atoms with van der Waals surface area (Å²) in [6, 6.07) is 7.17. The van der Waals surface area contributed by atoms with Crippen LogP contribution in [0.3, 0.4) is 0 Å². The van der Waals surface area contributed by atoms with Gasteiger partial charge in [-0.25, -0.2) is 4.79 Å². The highest BCUT2D eigenvalue weighted by atomic mass is 16.2. The smallest absolute Gasteiger partial charge is 0.325 e. The van der Waals surface area contributed by atoms with Gasteiger partial charge in [-0.1, -0.05) is 38.1 Å². The number of imide groups is 1. The van der Waals surface area contributed by atoms with Crippen LogP contribution in [0.1, 0.15) is 37.8 Å². The molecule has 0 bridgehead atoms. The molecule has 128 valence electrons. The Bertz CT molecular complexity index is 686. The Morgan fingerprint density at radius 1 is 1.33 bits per heavy atom. The molecule has 1 heterocycles. The van der Waals surface area contributed by atoms with E-state index in [0.717, 1.165) is 28.9 Å². The SMILES string of the molecule is CC(C)CCNC(=O)CN1C(=O)N[C@@]2(CCc3ccccc32)C1=O. The summed E-state index contributed by atoms with van der Waals surface area (Å²) in [5.74, 6) is -0.140. The zero-order valence-electron chi connectivity index (χ0n) is 14.1. The molecule has 1 fully saturated rings. The van der Waals surface area contributed by atoms with Crippen molar-refractivity contribution in [1.82, 2.24) is 15.5 Å². The maximum atomic E-state index is 12.9. The second-order valence-corrected chi connectivity index (χ2v) is 6.92. The summed E-state index contributed by atoms with van der Waals surface area (Å²) in [6.45, 7) is 4.47. The van der Waals surface area contributed by atoms with Gasteiger partial charge in [0.2, 0.25) is 5.91 Å². The summed E-state index contributed by atoms with van der Waals surface area (Å²) < 4.78 is 0. The van der Waals surface area contributed by atoms with E-state index in [1.807, 2.05) is 24.3 Å². The predicted molar refractivity (Wildman–Crippen MR) is 89.2 cm³/mol. The molecular weight excluding hydrogens is 306 g/mol. The van der Waals surface area contributed by atoms with Crippen LogP contribution in [0.5, 0.6) is 0 Å². The number of nitrogens with zero attached hydrogens (tertiary/aromatic N) is 1. The maximum Gasteiger partial charge on any atom is 0.325 e. The molecule has 24 heavy (non-hydrogen) atoms. The number of amides is 4. The molecular formula is C18H23N3O3.